The van der Waals surface area contributed by atoms with Gasteiger partial charge in [-0.2, -0.15) is 0 Å². The minimum Gasteiger partial charge on any atom is -0.492 e. The second kappa shape index (κ2) is 10.1. The van der Waals surface area contributed by atoms with Crippen LogP contribution in [0.4, 0.5) is 4.79 Å². The molecule has 3 amide bonds. The average molecular weight is 446 g/mol. The van der Waals surface area contributed by atoms with Crippen LogP contribution in [0.3, 0.4) is 0 Å². The van der Waals surface area contributed by atoms with Gasteiger partial charge < -0.3 is 20.7 Å². The Labute approximate surface area is 173 Å². The first-order valence-corrected chi connectivity index (χ1v) is 10.2. The highest BCUT2D eigenvalue weighted by Crippen LogP contribution is 2.25. The van der Waals surface area contributed by atoms with Gasteiger partial charge >= 0.3 is 6.03 Å². The molecule has 0 aromatic heterocycles. The summed E-state index contributed by atoms with van der Waals surface area (Å²) in [5.41, 5.74) is 3.35. The van der Waals surface area contributed by atoms with E-state index < -0.39 is 0 Å². The molecular weight excluding hydrogens is 422 g/mol. The minimum atomic E-state index is -0.283. The minimum absolute atomic E-state index is 0.175. The Bertz CT molecular complexity index is 841. The van der Waals surface area contributed by atoms with E-state index in [0.29, 0.717) is 31.8 Å². The lowest BCUT2D eigenvalue weighted by atomic mass is 10.1. The molecule has 1 aliphatic rings. The van der Waals surface area contributed by atoms with Crippen molar-refractivity contribution in [1.29, 1.82) is 0 Å². The molecule has 0 heterocycles. The van der Waals surface area contributed by atoms with E-state index in [1.165, 1.54) is 17.5 Å². The number of fused-ring (bicyclic) bond motifs is 1. The molecule has 0 unspecified atom stereocenters. The molecule has 0 fully saturated rings. The Morgan fingerprint density at radius 1 is 0.929 bits per heavy atom. The van der Waals surface area contributed by atoms with Gasteiger partial charge in [-0.25, -0.2) is 4.79 Å². The maximum atomic E-state index is 12.0. The van der Waals surface area contributed by atoms with E-state index >= 15 is 0 Å². The number of amides is 3. The van der Waals surface area contributed by atoms with E-state index in [-0.39, 0.29) is 11.9 Å². The van der Waals surface area contributed by atoms with Crippen LogP contribution in [0.15, 0.2) is 46.9 Å². The molecule has 0 atom stereocenters. The summed E-state index contributed by atoms with van der Waals surface area (Å²) in [5, 5.41) is 8.21. The lowest BCUT2D eigenvalue weighted by Crippen LogP contribution is -2.41. The highest BCUT2D eigenvalue weighted by atomic mass is 79.9. The number of hydrogen-bond acceptors (Lipinski definition) is 3. The average Bonchev–Trinajstić information content (AvgIpc) is 3.16. The van der Waals surface area contributed by atoms with Crippen LogP contribution in [0.25, 0.3) is 0 Å². The Morgan fingerprint density at radius 2 is 1.71 bits per heavy atom. The molecule has 28 heavy (non-hydrogen) atoms. The largest absolute Gasteiger partial charge is 0.492 e. The number of ether oxygens (including phenoxy) is 1. The zero-order valence-electron chi connectivity index (χ0n) is 15.6. The van der Waals surface area contributed by atoms with Crippen molar-refractivity contribution in [3.63, 3.8) is 0 Å². The highest BCUT2D eigenvalue weighted by Gasteiger charge is 2.11. The van der Waals surface area contributed by atoms with Crippen molar-refractivity contribution < 1.29 is 14.3 Å². The van der Waals surface area contributed by atoms with E-state index in [4.69, 9.17) is 4.74 Å². The molecule has 2 aromatic carbocycles. The fourth-order valence-corrected chi connectivity index (χ4v) is 3.52. The number of carbonyl (C=O) groups excluding carboxylic acids is 2. The number of carbonyl (C=O) groups is 2. The molecule has 0 radical (unpaired) electrons. The number of rotatable bonds is 8. The molecular formula is C21H24BrN3O3. The smallest absolute Gasteiger partial charge is 0.314 e. The third-order valence-electron chi connectivity index (χ3n) is 4.51. The van der Waals surface area contributed by atoms with Gasteiger partial charge in [0.05, 0.1) is 6.54 Å². The van der Waals surface area contributed by atoms with Gasteiger partial charge in [-0.3, -0.25) is 4.79 Å². The van der Waals surface area contributed by atoms with E-state index in [0.717, 1.165) is 23.1 Å². The van der Waals surface area contributed by atoms with Gasteiger partial charge in [0, 0.05) is 23.1 Å². The summed E-state index contributed by atoms with van der Waals surface area (Å²) < 4.78 is 6.54. The number of hydrogen-bond donors (Lipinski definition) is 3. The Balaban J connectivity index is 1.26. The molecule has 0 spiro atoms. The van der Waals surface area contributed by atoms with Gasteiger partial charge in [0.25, 0.3) is 5.91 Å². The van der Waals surface area contributed by atoms with Gasteiger partial charge in [0.1, 0.15) is 12.4 Å². The van der Waals surface area contributed by atoms with E-state index in [9.17, 15) is 9.59 Å². The molecule has 0 bridgehead atoms. The molecule has 7 heteroatoms. The zero-order chi connectivity index (χ0) is 19.8. The molecule has 3 N–H and O–H groups in total. The number of halogens is 1. The first-order chi connectivity index (χ1) is 13.6. The predicted molar refractivity (Wildman–Crippen MR) is 112 cm³/mol. The number of benzene rings is 2. The van der Waals surface area contributed by atoms with Crippen molar-refractivity contribution in [2.24, 2.45) is 0 Å². The highest BCUT2D eigenvalue weighted by molar-refractivity contribution is 9.10. The third kappa shape index (κ3) is 5.99. The second-order valence-corrected chi connectivity index (χ2v) is 7.50. The van der Waals surface area contributed by atoms with E-state index in [1.54, 1.807) is 18.2 Å². The maximum absolute atomic E-state index is 12.0. The van der Waals surface area contributed by atoms with Crippen molar-refractivity contribution in [3.8, 4) is 5.75 Å². The van der Waals surface area contributed by atoms with Crippen molar-refractivity contribution >= 4 is 27.9 Å². The topological polar surface area (TPSA) is 79.5 Å². The normalized spacial score (nSPS) is 12.2. The summed E-state index contributed by atoms with van der Waals surface area (Å²) in [6.45, 7) is 1.51. The van der Waals surface area contributed by atoms with E-state index in [2.05, 4.69) is 44.0 Å². The summed E-state index contributed by atoms with van der Waals surface area (Å²) in [6, 6.07) is 13.1. The monoisotopic (exact) mass is 445 g/mol. The van der Waals surface area contributed by atoms with Crippen LogP contribution in [0.2, 0.25) is 0 Å². The van der Waals surface area contributed by atoms with Gasteiger partial charge in [-0.1, -0.05) is 28.1 Å². The number of aryl methyl sites for hydroxylation is 2. The first kappa shape index (κ1) is 20.2. The van der Waals surface area contributed by atoms with Crippen LogP contribution < -0.4 is 20.7 Å². The fraction of sp³-hybridized carbons (Fsp3) is 0.333. The van der Waals surface area contributed by atoms with Crippen molar-refractivity contribution in [1.82, 2.24) is 16.0 Å². The standard InChI is InChI=1S/C21H24BrN3O3/c22-18-6-2-5-17(13-18)20(26)23-9-10-24-21(27)25-11-12-28-19-8-7-15-3-1-4-16(15)14-19/h2,5-8,13-14H,1,3-4,9-12H2,(H,23,26)(H2,24,25,27). The number of urea groups is 1. The molecule has 148 valence electrons. The van der Waals surface area contributed by atoms with Gasteiger partial charge in [0.15, 0.2) is 0 Å². The van der Waals surface area contributed by atoms with E-state index in [1.807, 2.05) is 12.1 Å². The number of nitrogens with one attached hydrogen (secondary N) is 3. The summed E-state index contributed by atoms with van der Waals surface area (Å²) in [4.78, 5) is 23.8. The zero-order valence-corrected chi connectivity index (χ0v) is 17.2. The van der Waals surface area contributed by atoms with Gasteiger partial charge in [-0.15, -0.1) is 0 Å². The summed E-state index contributed by atoms with van der Waals surface area (Å²) in [5.74, 6) is 0.671. The predicted octanol–water partition coefficient (Wildman–Crippen LogP) is 3.05. The summed E-state index contributed by atoms with van der Waals surface area (Å²) >= 11 is 3.33. The van der Waals surface area contributed by atoms with Crippen LogP contribution in [-0.4, -0.2) is 38.2 Å². The molecule has 6 nitrogen and oxygen atoms in total. The van der Waals surface area contributed by atoms with Crippen molar-refractivity contribution in [2.45, 2.75) is 19.3 Å². The van der Waals surface area contributed by atoms with Crippen LogP contribution in [0, 0.1) is 0 Å². The van der Waals surface area contributed by atoms with Crippen LogP contribution in [0.5, 0.6) is 5.75 Å². The lowest BCUT2D eigenvalue weighted by Gasteiger charge is -2.10. The Hall–Kier alpha value is -2.54. The Kier molecular flexibility index (Phi) is 7.31. The molecule has 0 saturated heterocycles. The molecule has 3 rings (SSSR count). The van der Waals surface area contributed by atoms with Crippen LogP contribution >= 0.6 is 15.9 Å². The first-order valence-electron chi connectivity index (χ1n) is 9.42. The van der Waals surface area contributed by atoms with Crippen molar-refractivity contribution in [3.05, 3.63) is 63.6 Å². The van der Waals surface area contributed by atoms with Crippen LogP contribution in [0.1, 0.15) is 27.9 Å². The van der Waals surface area contributed by atoms with Gasteiger partial charge in [0.2, 0.25) is 0 Å². The molecule has 1 aliphatic carbocycles. The summed E-state index contributed by atoms with van der Waals surface area (Å²) in [6.07, 6.45) is 3.48. The third-order valence-corrected chi connectivity index (χ3v) is 5.00. The van der Waals surface area contributed by atoms with Crippen LogP contribution in [-0.2, 0) is 12.8 Å². The quantitative estimate of drug-likeness (QED) is 0.546. The Morgan fingerprint density at radius 3 is 2.57 bits per heavy atom. The second-order valence-electron chi connectivity index (χ2n) is 6.58. The lowest BCUT2D eigenvalue weighted by molar-refractivity contribution is 0.0953. The molecule has 0 saturated carbocycles. The molecule has 2 aromatic rings. The van der Waals surface area contributed by atoms with Crippen molar-refractivity contribution in [2.75, 3.05) is 26.2 Å². The fourth-order valence-electron chi connectivity index (χ4n) is 3.12. The summed E-state index contributed by atoms with van der Waals surface area (Å²) in [7, 11) is 0. The van der Waals surface area contributed by atoms with Gasteiger partial charge in [-0.05, 0) is 60.7 Å². The SMILES string of the molecule is O=C(NCCNC(=O)c1cccc(Br)c1)NCCOc1ccc2c(c1)CCC2. The maximum Gasteiger partial charge on any atom is 0.314 e. The molecule has 0 aliphatic heterocycles.